The minimum absolute atomic E-state index is 0.225. The Morgan fingerprint density at radius 3 is 2.88 bits per heavy atom. The summed E-state index contributed by atoms with van der Waals surface area (Å²) in [5.41, 5.74) is 2.16. The van der Waals surface area contributed by atoms with E-state index >= 15 is 0 Å². The van der Waals surface area contributed by atoms with Gasteiger partial charge < -0.3 is 5.32 Å². The second-order valence-corrected chi connectivity index (χ2v) is 7.95. The molecule has 9 heteroatoms. The Morgan fingerprint density at radius 2 is 2.12 bits per heavy atom. The van der Waals surface area contributed by atoms with Crippen LogP contribution in [0.3, 0.4) is 0 Å². The first-order valence-electron chi connectivity index (χ1n) is 7.32. The second kappa shape index (κ2) is 7.70. The lowest BCUT2D eigenvalue weighted by Crippen LogP contribution is -2.13. The lowest BCUT2D eigenvalue weighted by molar-refractivity contribution is 0.102. The van der Waals surface area contributed by atoms with Gasteiger partial charge in [-0.25, -0.2) is 4.98 Å². The van der Waals surface area contributed by atoms with Gasteiger partial charge in [0.1, 0.15) is 5.00 Å². The van der Waals surface area contributed by atoms with Gasteiger partial charge in [0.05, 0.1) is 11.3 Å². The predicted molar refractivity (Wildman–Crippen MR) is 106 cm³/mol. The summed E-state index contributed by atoms with van der Waals surface area (Å²) in [4.78, 5) is 17.7. The number of nitrogens with zero attached hydrogens (tertiary/aromatic N) is 2. The van der Waals surface area contributed by atoms with Crippen molar-refractivity contribution < 1.29 is 4.79 Å². The molecule has 0 bridgehead atoms. The van der Waals surface area contributed by atoms with Crippen LogP contribution in [0.15, 0.2) is 24.4 Å². The van der Waals surface area contributed by atoms with E-state index in [2.05, 4.69) is 20.0 Å². The lowest BCUT2D eigenvalue weighted by Gasteiger charge is -2.04. The van der Waals surface area contributed by atoms with Gasteiger partial charge in [0.25, 0.3) is 5.91 Å². The van der Waals surface area contributed by atoms with Crippen LogP contribution in [-0.4, -0.2) is 22.3 Å². The van der Waals surface area contributed by atoms with Crippen LogP contribution in [0.2, 0.25) is 10.0 Å². The summed E-state index contributed by atoms with van der Waals surface area (Å²) in [5.74, 6) is -0.225. The highest BCUT2D eigenvalue weighted by Crippen LogP contribution is 2.29. The normalized spacial score (nSPS) is 10.7. The van der Waals surface area contributed by atoms with Crippen molar-refractivity contribution in [3.05, 3.63) is 56.1 Å². The standard InChI is InChI=1S/C16H14Cl2N4OS2/c1-8-13(15(19-2)25-22-8)14(23)21-16-20-7-11(24-16)6-9-5-10(17)3-4-12(9)18/h3-5,7,19H,6H2,1-2H3,(H,20,21,23). The van der Waals surface area contributed by atoms with E-state index in [1.165, 1.54) is 22.9 Å². The highest BCUT2D eigenvalue weighted by Gasteiger charge is 2.19. The average Bonchev–Trinajstić information content (AvgIpc) is 3.17. The molecule has 25 heavy (non-hydrogen) atoms. The smallest absolute Gasteiger partial charge is 0.262 e. The molecule has 0 radical (unpaired) electrons. The number of carbonyl (C=O) groups excluding carboxylic acids is 1. The zero-order valence-corrected chi connectivity index (χ0v) is 16.5. The van der Waals surface area contributed by atoms with Crippen LogP contribution in [0, 0.1) is 6.92 Å². The van der Waals surface area contributed by atoms with Gasteiger partial charge in [-0.2, -0.15) is 4.37 Å². The molecule has 0 atom stereocenters. The summed E-state index contributed by atoms with van der Waals surface area (Å²) in [6.45, 7) is 1.81. The Hall–Kier alpha value is -1.67. The molecule has 0 spiro atoms. The van der Waals surface area contributed by atoms with E-state index in [4.69, 9.17) is 23.2 Å². The van der Waals surface area contributed by atoms with Crippen molar-refractivity contribution in [2.45, 2.75) is 13.3 Å². The van der Waals surface area contributed by atoms with Gasteiger partial charge in [0, 0.05) is 34.6 Å². The van der Waals surface area contributed by atoms with E-state index in [1.807, 2.05) is 6.07 Å². The van der Waals surface area contributed by atoms with Crippen LogP contribution in [0.4, 0.5) is 10.1 Å². The molecule has 2 aromatic heterocycles. The minimum atomic E-state index is -0.225. The van der Waals surface area contributed by atoms with Crippen molar-refractivity contribution in [1.82, 2.24) is 9.36 Å². The summed E-state index contributed by atoms with van der Waals surface area (Å²) in [5, 5.41) is 8.37. The molecule has 0 aliphatic heterocycles. The molecule has 5 nitrogen and oxygen atoms in total. The number of amides is 1. The Labute approximate surface area is 163 Å². The number of carbonyl (C=O) groups is 1. The highest BCUT2D eigenvalue weighted by molar-refractivity contribution is 7.15. The molecule has 0 saturated carbocycles. The van der Waals surface area contributed by atoms with Crippen LogP contribution in [0.25, 0.3) is 0 Å². The van der Waals surface area contributed by atoms with Gasteiger partial charge >= 0.3 is 0 Å². The SMILES string of the molecule is CNc1snc(C)c1C(=O)Nc1ncc(Cc2cc(Cl)ccc2Cl)s1. The maximum Gasteiger partial charge on any atom is 0.262 e. The van der Waals surface area contributed by atoms with Crippen molar-refractivity contribution >= 4 is 62.1 Å². The topological polar surface area (TPSA) is 66.9 Å². The van der Waals surface area contributed by atoms with Gasteiger partial charge in [-0.15, -0.1) is 11.3 Å². The summed E-state index contributed by atoms with van der Waals surface area (Å²) in [7, 11) is 1.76. The number of anilines is 2. The van der Waals surface area contributed by atoms with Crippen molar-refractivity contribution in [2.24, 2.45) is 0 Å². The highest BCUT2D eigenvalue weighted by atomic mass is 35.5. The molecule has 0 saturated heterocycles. The summed E-state index contributed by atoms with van der Waals surface area (Å²) in [6, 6.07) is 5.36. The molecule has 3 rings (SSSR count). The van der Waals surface area contributed by atoms with Crippen LogP contribution in [0.5, 0.6) is 0 Å². The fourth-order valence-corrected chi connectivity index (χ4v) is 4.23. The van der Waals surface area contributed by atoms with Crippen molar-refractivity contribution in [3.8, 4) is 0 Å². The molecule has 0 fully saturated rings. The van der Waals surface area contributed by atoms with Gasteiger partial charge in [-0.05, 0) is 42.2 Å². The molecule has 1 aromatic carbocycles. The number of nitrogens with one attached hydrogen (secondary N) is 2. The van der Waals surface area contributed by atoms with Crippen LogP contribution in [-0.2, 0) is 6.42 Å². The van der Waals surface area contributed by atoms with Crippen molar-refractivity contribution in [1.29, 1.82) is 0 Å². The molecule has 3 aromatic rings. The zero-order chi connectivity index (χ0) is 18.0. The van der Waals surface area contributed by atoms with Crippen molar-refractivity contribution in [3.63, 3.8) is 0 Å². The van der Waals surface area contributed by atoms with E-state index in [0.29, 0.717) is 32.9 Å². The van der Waals surface area contributed by atoms with Gasteiger partial charge in [-0.3, -0.25) is 10.1 Å². The first-order chi connectivity index (χ1) is 12.0. The number of benzene rings is 1. The molecule has 0 aliphatic carbocycles. The Balaban J connectivity index is 1.74. The summed E-state index contributed by atoms with van der Waals surface area (Å²) in [6.07, 6.45) is 2.34. The third kappa shape index (κ3) is 4.12. The number of hydrogen-bond acceptors (Lipinski definition) is 6. The largest absolute Gasteiger partial charge is 0.378 e. The molecule has 130 valence electrons. The average molecular weight is 413 g/mol. The molecular formula is C16H14Cl2N4OS2. The Bertz CT molecular complexity index is 923. The zero-order valence-electron chi connectivity index (χ0n) is 13.4. The Kier molecular flexibility index (Phi) is 5.58. The van der Waals surface area contributed by atoms with E-state index in [0.717, 1.165) is 15.4 Å². The molecule has 2 N–H and O–H groups in total. The number of aryl methyl sites for hydroxylation is 1. The maximum atomic E-state index is 12.5. The van der Waals surface area contributed by atoms with Crippen LogP contribution < -0.4 is 10.6 Å². The molecule has 1 amide bonds. The molecular weight excluding hydrogens is 399 g/mol. The third-order valence-corrected chi connectivity index (χ3v) is 5.94. The van der Waals surface area contributed by atoms with Gasteiger partial charge in [0.15, 0.2) is 5.13 Å². The fourth-order valence-electron chi connectivity index (χ4n) is 2.28. The lowest BCUT2D eigenvalue weighted by atomic mass is 10.1. The number of hydrogen-bond donors (Lipinski definition) is 2. The van der Waals surface area contributed by atoms with E-state index in [-0.39, 0.29) is 5.91 Å². The maximum absolute atomic E-state index is 12.5. The van der Waals surface area contributed by atoms with E-state index < -0.39 is 0 Å². The van der Waals surface area contributed by atoms with E-state index in [1.54, 1.807) is 32.3 Å². The van der Waals surface area contributed by atoms with E-state index in [9.17, 15) is 4.79 Å². The van der Waals surface area contributed by atoms with Crippen molar-refractivity contribution in [2.75, 3.05) is 17.7 Å². The molecule has 0 aliphatic rings. The Morgan fingerprint density at radius 1 is 1.32 bits per heavy atom. The van der Waals surface area contributed by atoms with Crippen LogP contribution in [0.1, 0.15) is 26.5 Å². The number of aromatic nitrogens is 2. The monoisotopic (exact) mass is 412 g/mol. The summed E-state index contributed by atoms with van der Waals surface area (Å²) < 4.78 is 4.20. The molecule has 0 unspecified atom stereocenters. The first kappa shape index (κ1) is 18.1. The molecule has 2 heterocycles. The minimum Gasteiger partial charge on any atom is -0.378 e. The fraction of sp³-hybridized carbons (Fsp3) is 0.188. The summed E-state index contributed by atoms with van der Waals surface area (Å²) >= 11 is 14.9. The second-order valence-electron chi connectivity index (χ2n) is 5.22. The first-order valence-corrected chi connectivity index (χ1v) is 9.66. The third-order valence-electron chi connectivity index (χ3n) is 3.46. The number of thiazole rings is 1. The predicted octanol–water partition coefficient (Wildman–Crippen LogP) is 5.10. The number of halogens is 2. The van der Waals surface area contributed by atoms with Gasteiger partial charge in [-0.1, -0.05) is 23.2 Å². The van der Waals surface area contributed by atoms with Gasteiger partial charge in [0.2, 0.25) is 0 Å². The van der Waals surface area contributed by atoms with Crippen LogP contribution >= 0.6 is 46.1 Å². The quantitative estimate of drug-likeness (QED) is 0.611. The number of rotatable bonds is 5.